The van der Waals surface area contributed by atoms with Crippen molar-refractivity contribution in [2.24, 2.45) is 0 Å². The van der Waals surface area contributed by atoms with Gasteiger partial charge in [-0.25, -0.2) is 0 Å². The first-order valence-corrected chi connectivity index (χ1v) is 10.3. The second-order valence-corrected chi connectivity index (χ2v) is 8.72. The average molecular weight is 699 g/mol. The molecule has 0 unspecified atom stereocenters. The van der Waals surface area contributed by atoms with E-state index in [1.54, 1.807) is 38.4 Å². The van der Waals surface area contributed by atoms with Crippen molar-refractivity contribution in [2.75, 3.05) is 14.1 Å². The second kappa shape index (κ2) is 10.8. The zero-order valence-electron chi connectivity index (χ0n) is 14.3. The fraction of sp³-hybridized carbons (Fsp3) is 0.176. The van der Waals surface area contributed by atoms with Gasteiger partial charge in [-0.1, -0.05) is 18.2 Å². The molecule has 0 aliphatic heterocycles. The number of carboxylic acids is 1. The molecule has 0 fully saturated rings. The molecule has 26 heavy (non-hydrogen) atoms. The number of rotatable bonds is 5. The molecule has 0 aliphatic carbocycles. The van der Waals surface area contributed by atoms with Crippen molar-refractivity contribution >= 4 is 79.6 Å². The number of carboxylic acid groups (broad SMARTS) is 1. The first-order valence-electron chi connectivity index (χ1n) is 7.07. The Labute approximate surface area is 215 Å². The standard InChI is InChI=1S/C17H14I3NO4.Na/c1-21(2)17(24)14-10(18)8-11(19)16(15(14)20)25-12-6-4-3-5-9(12)7-13(22)23;/h3-6,8H,7H2,1-2H3,(H,22,23);/q;+1/p-1. The predicted molar refractivity (Wildman–Crippen MR) is 118 cm³/mol. The Kier molecular flexibility index (Phi) is 10.1. The molecule has 2 rings (SSSR count). The van der Waals surface area contributed by atoms with Gasteiger partial charge in [-0.15, -0.1) is 0 Å². The van der Waals surface area contributed by atoms with E-state index in [2.05, 4.69) is 67.8 Å². The van der Waals surface area contributed by atoms with Crippen LogP contribution in [0.1, 0.15) is 15.9 Å². The Balaban J connectivity index is 0.00000338. The quantitative estimate of drug-likeness (QED) is 0.333. The Hall–Kier alpha value is 0.370. The smallest absolute Gasteiger partial charge is 0.550 e. The summed E-state index contributed by atoms with van der Waals surface area (Å²) in [7, 11) is 3.39. The van der Waals surface area contributed by atoms with Crippen LogP contribution < -0.4 is 39.4 Å². The van der Waals surface area contributed by atoms with Crippen LogP contribution in [0.15, 0.2) is 30.3 Å². The third kappa shape index (κ3) is 5.93. The molecule has 0 heterocycles. The maximum atomic E-state index is 12.5. The van der Waals surface area contributed by atoms with Crippen LogP contribution in [0, 0.1) is 10.7 Å². The van der Waals surface area contributed by atoms with Crippen LogP contribution in [-0.4, -0.2) is 30.9 Å². The van der Waals surface area contributed by atoms with Crippen molar-refractivity contribution in [3.8, 4) is 11.5 Å². The molecule has 0 saturated heterocycles. The molecule has 0 aromatic heterocycles. The minimum atomic E-state index is -1.17. The number of aliphatic carboxylic acids is 1. The van der Waals surface area contributed by atoms with E-state index in [4.69, 9.17) is 4.74 Å². The number of hydrogen-bond donors (Lipinski definition) is 0. The van der Waals surface area contributed by atoms with Crippen LogP contribution in [0.2, 0.25) is 0 Å². The molecule has 2 aromatic carbocycles. The SMILES string of the molecule is CN(C)C(=O)c1c(I)cc(I)c(Oc2ccccc2CC(=O)[O-])c1I.[Na+]. The van der Waals surface area contributed by atoms with Gasteiger partial charge >= 0.3 is 29.6 Å². The molecule has 0 radical (unpaired) electrons. The van der Waals surface area contributed by atoms with E-state index in [1.165, 1.54) is 4.90 Å². The molecule has 0 atom stereocenters. The molecule has 0 saturated carbocycles. The zero-order chi connectivity index (χ0) is 18.7. The third-order valence-corrected chi connectivity index (χ3v) is 5.95. The van der Waals surface area contributed by atoms with Crippen LogP contribution in [-0.2, 0) is 11.2 Å². The fourth-order valence-electron chi connectivity index (χ4n) is 2.10. The van der Waals surface area contributed by atoms with Crippen molar-refractivity contribution in [1.29, 1.82) is 0 Å². The number of benzene rings is 2. The van der Waals surface area contributed by atoms with Gasteiger partial charge in [0.2, 0.25) is 0 Å². The van der Waals surface area contributed by atoms with E-state index < -0.39 is 5.97 Å². The maximum Gasteiger partial charge on any atom is 1.00 e. The molecule has 132 valence electrons. The summed E-state index contributed by atoms with van der Waals surface area (Å²) in [6.07, 6.45) is -0.239. The number of carbonyl (C=O) groups is 2. The first kappa shape index (κ1) is 24.4. The van der Waals surface area contributed by atoms with E-state index in [0.29, 0.717) is 26.2 Å². The van der Waals surface area contributed by atoms with Gasteiger partial charge in [0.1, 0.15) is 5.75 Å². The van der Waals surface area contributed by atoms with Crippen LogP contribution in [0.3, 0.4) is 0 Å². The number of hydrogen-bond acceptors (Lipinski definition) is 4. The summed E-state index contributed by atoms with van der Waals surface area (Å²) in [4.78, 5) is 25.0. The van der Waals surface area contributed by atoms with Crippen molar-refractivity contribution in [3.63, 3.8) is 0 Å². The Morgan fingerprint density at radius 2 is 1.73 bits per heavy atom. The Morgan fingerprint density at radius 1 is 1.12 bits per heavy atom. The van der Waals surface area contributed by atoms with Crippen molar-refractivity contribution < 1.29 is 49.0 Å². The molecule has 0 bridgehead atoms. The Morgan fingerprint density at radius 3 is 2.31 bits per heavy atom. The molecule has 0 aliphatic rings. The van der Waals surface area contributed by atoms with Crippen LogP contribution in [0.4, 0.5) is 0 Å². The first-order chi connectivity index (χ1) is 11.7. The number of amides is 1. The predicted octanol–water partition coefficient (Wildman–Crippen LogP) is 0.291. The van der Waals surface area contributed by atoms with Gasteiger partial charge in [-0.3, -0.25) is 4.79 Å². The molecular weight excluding hydrogens is 686 g/mol. The summed E-state index contributed by atoms with van der Waals surface area (Å²) in [5.74, 6) is -0.311. The van der Waals surface area contributed by atoms with E-state index >= 15 is 0 Å². The van der Waals surface area contributed by atoms with Crippen LogP contribution in [0.25, 0.3) is 0 Å². The summed E-state index contributed by atoms with van der Waals surface area (Å²) in [5, 5.41) is 10.9. The topological polar surface area (TPSA) is 69.7 Å². The zero-order valence-corrected chi connectivity index (χ0v) is 22.8. The summed E-state index contributed by atoms with van der Waals surface area (Å²) in [6.45, 7) is 0. The van der Waals surface area contributed by atoms with Gasteiger partial charge in [-0.2, -0.15) is 0 Å². The van der Waals surface area contributed by atoms with E-state index in [9.17, 15) is 14.7 Å². The van der Waals surface area contributed by atoms with Gasteiger partial charge < -0.3 is 19.5 Å². The number of ether oxygens (including phenoxy) is 1. The van der Waals surface area contributed by atoms with Crippen LogP contribution >= 0.6 is 67.8 Å². The van der Waals surface area contributed by atoms with Crippen molar-refractivity contribution in [3.05, 3.63) is 52.2 Å². The maximum absolute atomic E-state index is 12.5. The number of halogens is 3. The fourth-order valence-corrected chi connectivity index (χ4v) is 6.15. The molecule has 9 heteroatoms. The minimum absolute atomic E-state index is 0. The average Bonchev–Trinajstić information content (AvgIpc) is 2.51. The van der Waals surface area contributed by atoms with E-state index in [1.807, 2.05) is 6.07 Å². The van der Waals surface area contributed by atoms with Gasteiger partial charge in [0.05, 0.1) is 12.7 Å². The molecule has 1 amide bonds. The van der Waals surface area contributed by atoms with Crippen LogP contribution in [0.5, 0.6) is 11.5 Å². The summed E-state index contributed by atoms with van der Waals surface area (Å²) < 4.78 is 8.38. The molecule has 2 aromatic rings. The third-order valence-electron chi connectivity index (χ3n) is 3.27. The second-order valence-electron chi connectivity index (χ2n) is 5.32. The molecule has 0 N–H and O–H groups in total. The molecule has 0 spiro atoms. The van der Waals surface area contributed by atoms with Gasteiger partial charge in [0, 0.05) is 35.6 Å². The summed E-state index contributed by atoms with van der Waals surface area (Å²) >= 11 is 6.37. The normalized spacial score (nSPS) is 10.0. The van der Waals surface area contributed by atoms with E-state index in [0.717, 1.165) is 7.14 Å². The van der Waals surface area contributed by atoms with Crippen molar-refractivity contribution in [2.45, 2.75) is 6.42 Å². The van der Waals surface area contributed by atoms with Crippen molar-refractivity contribution in [1.82, 2.24) is 4.90 Å². The number of para-hydroxylation sites is 1. The summed E-state index contributed by atoms with van der Waals surface area (Å²) in [6, 6.07) is 8.78. The minimum Gasteiger partial charge on any atom is -0.550 e. The molecular formula is C17H13I3NNaO4. The van der Waals surface area contributed by atoms with Gasteiger partial charge in [0.25, 0.3) is 5.91 Å². The largest absolute Gasteiger partial charge is 1.00 e. The summed E-state index contributed by atoms with van der Waals surface area (Å²) in [5.41, 5.74) is 1.09. The Bertz CT molecular complexity index is 843. The monoisotopic (exact) mass is 699 g/mol. The number of nitrogens with zero attached hydrogens (tertiary/aromatic N) is 1. The molecule has 5 nitrogen and oxygen atoms in total. The van der Waals surface area contributed by atoms with E-state index in [-0.39, 0.29) is 41.9 Å². The van der Waals surface area contributed by atoms with Gasteiger partial charge in [-0.05, 0) is 79.9 Å². The number of carbonyl (C=O) groups excluding carboxylic acids is 2. The van der Waals surface area contributed by atoms with Gasteiger partial charge in [0.15, 0.2) is 5.75 Å².